The topological polar surface area (TPSA) is 35.2 Å². The van der Waals surface area contributed by atoms with Gasteiger partial charge in [0.25, 0.3) is 0 Å². The highest BCUT2D eigenvalue weighted by atomic mass is 35.5. The molecule has 3 heteroatoms. The van der Waals surface area contributed by atoms with Gasteiger partial charge in [-0.1, -0.05) is 45.4 Å². The van der Waals surface area contributed by atoms with E-state index in [4.69, 9.17) is 22.1 Å². The van der Waals surface area contributed by atoms with Crippen molar-refractivity contribution in [1.29, 1.82) is 0 Å². The molecule has 1 rings (SSSR count). The Kier molecular flexibility index (Phi) is 6.67. The van der Waals surface area contributed by atoms with Crippen LogP contribution in [0.2, 0.25) is 5.02 Å². The minimum Gasteiger partial charge on any atom is -0.492 e. The Bertz CT molecular complexity index is 404. The zero-order valence-corrected chi connectivity index (χ0v) is 13.3. The maximum Gasteiger partial charge on any atom is 0.141 e. The Morgan fingerprint density at radius 1 is 1.26 bits per heavy atom. The molecule has 0 spiro atoms. The Morgan fingerprint density at radius 3 is 2.47 bits per heavy atom. The molecule has 0 heterocycles. The van der Waals surface area contributed by atoms with Gasteiger partial charge in [-0.2, -0.15) is 0 Å². The highest BCUT2D eigenvalue weighted by molar-refractivity contribution is 6.32. The third-order valence-corrected chi connectivity index (χ3v) is 3.55. The van der Waals surface area contributed by atoms with E-state index in [1.54, 1.807) is 0 Å². The van der Waals surface area contributed by atoms with E-state index in [9.17, 15) is 0 Å². The Morgan fingerprint density at radius 2 is 1.95 bits per heavy atom. The SMILES string of the molecule is CCCOc1c(Cl)cc(C(C)C)cc1CC(N)CC. The van der Waals surface area contributed by atoms with Crippen LogP contribution >= 0.6 is 11.6 Å². The number of nitrogens with two attached hydrogens (primary N) is 1. The van der Waals surface area contributed by atoms with Crippen molar-refractivity contribution in [1.82, 2.24) is 0 Å². The lowest BCUT2D eigenvalue weighted by Crippen LogP contribution is -2.22. The van der Waals surface area contributed by atoms with E-state index in [0.717, 1.165) is 30.6 Å². The second-order valence-electron chi connectivity index (χ2n) is 5.37. The van der Waals surface area contributed by atoms with Gasteiger partial charge in [0.15, 0.2) is 0 Å². The van der Waals surface area contributed by atoms with Crippen LogP contribution in [0.25, 0.3) is 0 Å². The Hall–Kier alpha value is -0.730. The molecule has 1 aromatic rings. The number of rotatable bonds is 7. The summed E-state index contributed by atoms with van der Waals surface area (Å²) in [6.07, 6.45) is 2.74. The summed E-state index contributed by atoms with van der Waals surface area (Å²) < 4.78 is 5.81. The van der Waals surface area contributed by atoms with Gasteiger partial charge in [0.1, 0.15) is 5.75 Å². The monoisotopic (exact) mass is 283 g/mol. The summed E-state index contributed by atoms with van der Waals surface area (Å²) in [6.45, 7) is 9.22. The number of hydrogen-bond donors (Lipinski definition) is 1. The van der Waals surface area contributed by atoms with Gasteiger partial charge in [0.2, 0.25) is 0 Å². The summed E-state index contributed by atoms with van der Waals surface area (Å²) in [5.74, 6) is 1.27. The fraction of sp³-hybridized carbons (Fsp3) is 0.625. The van der Waals surface area contributed by atoms with Crippen molar-refractivity contribution >= 4 is 11.6 Å². The molecular weight excluding hydrogens is 258 g/mol. The van der Waals surface area contributed by atoms with E-state index in [2.05, 4.69) is 33.8 Å². The van der Waals surface area contributed by atoms with Crippen LogP contribution in [0.3, 0.4) is 0 Å². The van der Waals surface area contributed by atoms with E-state index < -0.39 is 0 Å². The molecule has 0 bridgehead atoms. The van der Waals surface area contributed by atoms with Crippen LogP contribution in [0, 0.1) is 0 Å². The van der Waals surface area contributed by atoms with Gasteiger partial charge in [-0.15, -0.1) is 0 Å². The third kappa shape index (κ3) is 4.70. The summed E-state index contributed by atoms with van der Waals surface area (Å²) >= 11 is 6.38. The lowest BCUT2D eigenvalue weighted by atomic mass is 9.96. The fourth-order valence-corrected chi connectivity index (χ4v) is 2.25. The first-order chi connectivity index (χ1) is 8.99. The molecule has 19 heavy (non-hydrogen) atoms. The first kappa shape index (κ1) is 16.3. The van der Waals surface area contributed by atoms with Crippen LogP contribution in [0.4, 0.5) is 0 Å². The lowest BCUT2D eigenvalue weighted by Gasteiger charge is -2.18. The Labute approximate surface area is 122 Å². The van der Waals surface area contributed by atoms with Crippen molar-refractivity contribution in [2.75, 3.05) is 6.61 Å². The number of benzene rings is 1. The van der Waals surface area contributed by atoms with Gasteiger partial charge < -0.3 is 10.5 Å². The quantitative estimate of drug-likeness (QED) is 0.798. The number of hydrogen-bond acceptors (Lipinski definition) is 2. The predicted octanol–water partition coefficient (Wildman–Crippen LogP) is 4.53. The summed E-state index contributed by atoms with van der Waals surface area (Å²) in [4.78, 5) is 0. The van der Waals surface area contributed by atoms with E-state index in [1.165, 1.54) is 5.56 Å². The van der Waals surface area contributed by atoms with Crippen LogP contribution in [-0.2, 0) is 6.42 Å². The van der Waals surface area contributed by atoms with E-state index >= 15 is 0 Å². The highest BCUT2D eigenvalue weighted by Gasteiger charge is 2.14. The minimum atomic E-state index is 0.155. The molecule has 0 aromatic heterocycles. The van der Waals surface area contributed by atoms with Crippen LogP contribution in [0.1, 0.15) is 57.6 Å². The first-order valence-corrected chi connectivity index (χ1v) is 7.58. The second-order valence-corrected chi connectivity index (χ2v) is 5.77. The molecule has 0 saturated heterocycles. The molecule has 0 fully saturated rings. The lowest BCUT2D eigenvalue weighted by molar-refractivity contribution is 0.313. The number of halogens is 1. The van der Waals surface area contributed by atoms with E-state index in [-0.39, 0.29) is 6.04 Å². The van der Waals surface area contributed by atoms with Crippen molar-refractivity contribution in [2.45, 2.75) is 58.9 Å². The van der Waals surface area contributed by atoms with Crippen molar-refractivity contribution in [3.8, 4) is 5.75 Å². The second kappa shape index (κ2) is 7.76. The van der Waals surface area contributed by atoms with Gasteiger partial charge in [-0.25, -0.2) is 0 Å². The summed E-state index contributed by atoms with van der Waals surface area (Å²) in [5.41, 5.74) is 8.46. The maximum absolute atomic E-state index is 6.38. The maximum atomic E-state index is 6.38. The van der Waals surface area contributed by atoms with Crippen LogP contribution in [0.15, 0.2) is 12.1 Å². The molecule has 0 aliphatic heterocycles. The summed E-state index contributed by atoms with van der Waals surface area (Å²) in [6, 6.07) is 4.36. The molecule has 1 atom stereocenters. The third-order valence-electron chi connectivity index (χ3n) is 3.27. The molecular formula is C16H26ClNO. The molecule has 0 amide bonds. The zero-order chi connectivity index (χ0) is 14.4. The van der Waals surface area contributed by atoms with Gasteiger partial charge in [0, 0.05) is 6.04 Å². The van der Waals surface area contributed by atoms with E-state index in [1.807, 2.05) is 6.07 Å². The minimum absolute atomic E-state index is 0.155. The summed E-state index contributed by atoms with van der Waals surface area (Å²) in [7, 11) is 0. The number of ether oxygens (including phenoxy) is 1. The molecule has 1 unspecified atom stereocenters. The predicted molar refractivity (Wildman–Crippen MR) is 83.3 cm³/mol. The zero-order valence-electron chi connectivity index (χ0n) is 12.5. The van der Waals surface area contributed by atoms with Gasteiger partial charge in [-0.05, 0) is 42.4 Å². The van der Waals surface area contributed by atoms with Crippen molar-refractivity contribution < 1.29 is 4.74 Å². The summed E-state index contributed by atoms with van der Waals surface area (Å²) in [5, 5.41) is 0.706. The van der Waals surface area contributed by atoms with Gasteiger partial charge >= 0.3 is 0 Å². The van der Waals surface area contributed by atoms with Crippen LogP contribution in [0.5, 0.6) is 5.75 Å². The molecule has 0 radical (unpaired) electrons. The van der Waals surface area contributed by atoms with E-state index in [0.29, 0.717) is 17.5 Å². The molecule has 1 aromatic carbocycles. The van der Waals surface area contributed by atoms with Gasteiger partial charge in [0.05, 0.1) is 11.6 Å². The smallest absolute Gasteiger partial charge is 0.141 e. The van der Waals surface area contributed by atoms with Crippen LogP contribution < -0.4 is 10.5 Å². The molecule has 2 nitrogen and oxygen atoms in total. The van der Waals surface area contributed by atoms with Crippen molar-refractivity contribution in [3.05, 3.63) is 28.3 Å². The molecule has 2 N–H and O–H groups in total. The first-order valence-electron chi connectivity index (χ1n) is 7.20. The van der Waals surface area contributed by atoms with Crippen molar-refractivity contribution in [3.63, 3.8) is 0 Å². The van der Waals surface area contributed by atoms with Crippen LogP contribution in [-0.4, -0.2) is 12.6 Å². The normalized spacial score (nSPS) is 12.8. The molecule has 0 aliphatic rings. The molecule has 0 saturated carbocycles. The average Bonchev–Trinajstić information content (AvgIpc) is 2.37. The standard InChI is InChI=1S/C16H26ClNO/c1-5-7-19-16-13(9-14(18)6-2)8-12(11(3)4)10-15(16)17/h8,10-11,14H,5-7,9,18H2,1-4H3. The van der Waals surface area contributed by atoms with Gasteiger partial charge in [-0.3, -0.25) is 0 Å². The van der Waals surface area contributed by atoms with Crippen molar-refractivity contribution in [2.24, 2.45) is 5.73 Å². The fourth-order valence-electron chi connectivity index (χ4n) is 1.95. The molecule has 0 aliphatic carbocycles. The highest BCUT2D eigenvalue weighted by Crippen LogP contribution is 2.34. The average molecular weight is 284 g/mol. The molecule has 108 valence electrons. The Balaban J connectivity index is 3.11. The largest absolute Gasteiger partial charge is 0.492 e.